The third kappa shape index (κ3) is 3.74. The zero-order chi connectivity index (χ0) is 13.0. The summed E-state index contributed by atoms with van der Waals surface area (Å²) in [6, 6.07) is 1.71. The minimum absolute atomic E-state index is 0.0631. The molecule has 4 nitrogen and oxygen atoms in total. The van der Waals surface area contributed by atoms with Crippen LogP contribution in [-0.4, -0.2) is 15.9 Å². The minimum atomic E-state index is -0.468. The Hall–Kier alpha value is -1.01. The highest BCUT2D eigenvalue weighted by Crippen LogP contribution is 2.22. The van der Waals surface area contributed by atoms with Gasteiger partial charge in [0.2, 0.25) is 5.91 Å². The zero-order valence-electron chi connectivity index (χ0n) is 9.61. The average Bonchev–Trinajstić information content (AvgIpc) is 2.20. The molecule has 0 aromatic carbocycles. The second-order valence-electron chi connectivity index (χ2n) is 3.97. The molecule has 1 heterocycles. The Bertz CT molecular complexity index is 436. The van der Waals surface area contributed by atoms with Gasteiger partial charge in [-0.3, -0.25) is 9.78 Å². The predicted octanol–water partition coefficient (Wildman–Crippen LogP) is 2.34. The van der Waals surface area contributed by atoms with Crippen molar-refractivity contribution in [3.05, 3.63) is 22.9 Å². The molecule has 3 N–H and O–H groups in total. The van der Waals surface area contributed by atoms with E-state index in [1.54, 1.807) is 18.5 Å². The van der Waals surface area contributed by atoms with Gasteiger partial charge in [-0.05, 0) is 27.9 Å². The maximum atomic E-state index is 12.0. The number of anilines is 1. The van der Waals surface area contributed by atoms with E-state index in [-0.39, 0.29) is 16.8 Å². The number of nitrogens with one attached hydrogen (secondary N) is 1. The van der Waals surface area contributed by atoms with E-state index in [1.165, 1.54) is 0 Å². The van der Waals surface area contributed by atoms with Crippen molar-refractivity contribution in [3.63, 3.8) is 0 Å². The summed E-state index contributed by atoms with van der Waals surface area (Å²) in [7, 11) is 0. The van der Waals surface area contributed by atoms with Crippen LogP contribution in [0.1, 0.15) is 13.8 Å². The van der Waals surface area contributed by atoms with Gasteiger partial charge >= 0.3 is 0 Å². The first kappa shape index (κ1) is 14.1. The molecule has 0 radical (unpaired) electrons. The monoisotopic (exact) mass is 315 g/mol. The Labute approximate surface area is 114 Å². The van der Waals surface area contributed by atoms with Crippen molar-refractivity contribution in [1.82, 2.24) is 4.98 Å². The van der Waals surface area contributed by atoms with E-state index in [4.69, 9.17) is 18.0 Å². The quantitative estimate of drug-likeness (QED) is 0.837. The van der Waals surface area contributed by atoms with Crippen LogP contribution in [0, 0.1) is 11.8 Å². The van der Waals surface area contributed by atoms with Crippen LogP contribution in [0.15, 0.2) is 22.9 Å². The normalized spacial score (nSPS) is 12.2. The topological polar surface area (TPSA) is 68.0 Å². The molecule has 1 amide bonds. The number of thiocarbonyl (C=S) groups is 1. The molecule has 1 rings (SSSR count). The lowest BCUT2D eigenvalue weighted by atomic mass is 9.95. The molecule has 17 heavy (non-hydrogen) atoms. The zero-order valence-corrected chi connectivity index (χ0v) is 12.0. The predicted molar refractivity (Wildman–Crippen MR) is 75.7 cm³/mol. The lowest BCUT2D eigenvalue weighted by Crippen LogP contribution is -2.36. The molecule has 0 spiro atoms. The maximum Gasteiger partial charge on any atom is 0.234 e. The number of carbonyl (C=O) groups is 1. The molecular weight excluding hydrogens is 302 g/mol. The van der Waals surface area contributed by atoms with Gasteiger partial charge in [0.1, 0.15) is 0 Å². The van der Waals surface area contributed by atoms with Crippen LogP contribution in [0.4, 0.5) is 5.69 Å². The Balaban J connectivity index is 2.85. The van der Waals surface area contributed by atoms with Gasteiger partial charge in [-0.1, -0.05) is 26.1 Å². The summed E-state index contributed by atoms with van der Waals surface area (Å²) < 4.78 is 0.721. The first-order valence-corrected chi connectivity index (χ1v) is 6.33. The summed E-state index contributed by atoms with van der Waals surface area (Å²) in [5.74, 6) is -0.599. The number of aromatic nitrogens is 1. The number of pyridine rings is 1. The third-order valence-corrected chi connectivity index (χ3v) is 3.17. The first-order chi connectivity index (χ1) is 7.93. The molecule has 1 aromatic rings. The van der Waals surface area contributed by atoms with Crippen molar-refractivity contribution >= 4 is 44.7 Å². The Kier molecular flexibility index (Phi) is 5.02. The van der Waals surface area contributed by atoms with Crippen LogP contribution in [0.25, 0.3) is 0 Å². The number of halogens is 1. The lowest BCUT2D eigenvalue weighted by molar-refractivity contribution is -0.118. The van der Waals surface area contributed by atoms with E-state index < -0.39 is 5.92 Å². The molecule has 0 aliphatic rings. The molecular formula is C11H14BrN3OS. The summed E-state index contributed by atoms with van der Waals surface area (Å²) in [5.41, 5.74) is 6.24. The second kappa shape index (κ2) is 6.07. The van der Waals surface area contributed by atoms with Crippen molar-refractivity contribution in [3.8, 4) is 0 Å². The van der Waals surface area contributed by atoms with Gasteiger partial charge in [-0.2, -0.15) is 0 Å². The van der Waals surface area contributed by atoms with Crippen molar-refractivity contribution in [2.24, 2.45) is 17.6 Å². The molecule has 0 fully saturated rings. The van der Waals surface area contributed by atoms with Gasteiger partial charge in [-0.15, -0.1) is 0 Å². The fourth-order valence-electron chi connectivity index (χ4n) is 1.45. The van der Waals surface area contributed by atoms with Crippen molar-refractivity contribution in [2.45, 2.75) is 13.8 Å². The summed E-state index contributed by atoms with van der Waals surface area (Å²) in [4.78, 5) is 16.2. The van der Waals surface area contributed by atoms with Crippen LogP contribution in [0.3, 0.4) is 0 Å². The highest BCUT2D eigenvalue weighted by atomic mass is 79.9. The second-order valence-corrected chi connectivity index (χ2v) is 5.29. The van der Waals surface area contributed by atoms with E-state index in [1.807, 2.05) is 13.8 Å². The van der Waals surface area contributed by atoms with Crippen molar-refractivity contribution in [2.75, 3.05) is 5.32 Å². The average molecular weight is 316 g/mol. The number of nitrogens with zero attached hydrogens (tertiary/aromatic N) is 1. The van der Waals surface area contributed by atoms with Gasteiger partial charge in [0.25, 0.3) is 0 Å². The molecule has 0 saturated carbocycles. The van der Waals surface area contributed by atoms with E-state index >= 15 is 0 Å². The van der Waals surface area contributed by atoms with Crippen LogP contribution in [0.2, 0.25) is 0 Å². The fourth-order valence-corrected chi connectivity index (χ4v) is 2.18. The SMILES string of the molecule is CC(C)C(C(=O)Nc1ccncc1Br)C(N)=S. The first-order valence-electron chi connectivity index (χ1n) is 5.13. The Morgan fingerprint density at radius 1 is 1.59 bits per heavy atom. The van der Waals surface area contributed by atoms with Crippen LogP contribution in [0.5, 0.6) is 0 Å². The molecule has 1 atom stereocenters. The van der Waals surface area contributed by atoms with Crippen molar-refractivity contribution in [1.29, 1.82) is 0 Å². The minimum Gasteiger partial charge on any atom is -0.393 e. The Morgan fingerprint density at radius 3 is 2.71 bits per heavy atom. The number of amides is 1. The van der Waals surface area contributed by atoms with Gasteiger partial charge in [0.05, 0.1) is 21.1 Å². The molecule has 0 saturated heterocycles. The smallest absolute Gasteiger partial charge is 0.234 e. The summed E-state index contributed by atoms with van der Waals surface area (Å²) in [6.07, 6.45) is 3.21. The van der Waals surface area contributed by atoms with Crippen LogP contribution in [-0.2, 0) is 4.79 Å². The molecule has 92 valence electrons. The highest BCUT2D eigenvalue weighted by Gasteiger charge is 2.25. The summed E-state index contributed by atoms with van der Waals surface area (Å²) in [6.45, 7) is 3.82. The van der Waals surface area contributed by atoms with Gasteiger partial charge in [0.15, 0.2) is 0 Å². The summed E-state index contributed by atoms with van der Waals surface area (Å²) in [5, 5.41) is 2.78. The number of nitrogens with two attached hydrogens (primary N) is 1. The highest BCUT2D eigenvalue weighted by molar-refractivity contribution is 9.10. The van der Waals surface area contributed by atoms with Crippen LogP contribution < -0.4 is 11.1 Å². The largest absolute Gasteiger partial charge is 0.393 e. The lowest BCUT2D eigenvalue weighted by Gasteiger charge is -2.19. The molecule has 0 aliphatic heterocycles. The molecule has 0 bridgehead atoms. The summed E-state index contributed by atoms with van der Waals surface area (Å²) >= 11 is 8.22. The molecule has 0 aliphatic carbocycles. The van der Waals surface area contributed by atoms with Gasteiger partial charge in [0, 0.05) is 12.4 Å². The van der Waals surface area contributed by atoms with E-state index in [2.05, 4.69) is 26.2 Å². The molecule has 6 heteroatoms. The van der Waals surface area contributed by atoms with Gasteiger partial charge in [-0.25, -0.2) is 0 Å². The van der Waals surface area contributed by atoms with E-state index in [0.29, 0.717) is 5.69 Å². The fraction of sp³-hybridized carbons (Fsp3) is 0.364. The van der Waals surface area contributed by atoms with Crippen LogP contribution >= 0.6 is 28.1 Å². The van der Waals surface area contributed by atoms with E-state index in [0.717, 1.165) is 4.47 Å². The standard InChI is InChI=1S/C11H14BrN3OS/c1-6(2)9(10(13)17)11(16)15-8-3-4-14-5-7(8)12/h3-6,9H,1-2H3,(H2,13,17)(H,14,15,16). The number of hydrogen-bond acceptors (Lipinski definition) is 3. The molecule has 1 aromatic heterocycles. The third-order valence-electron chi connectivity index (χ3n) is 2.29. The number of hydrogen-bond donors (Lipinski definition) is 2. The van der Waals surface area contributed by atoms with Gasteiger partial charge < -0.3 is 11.1 Å². The van der Waals surface area contributed by atoms with Crippen molar-refractivity contribution < 1.29 is 4.79 Å². The Morgan fingerprint density at radius 2 is 2.24 bits per heavy atom. The number of rotatable bonds is 4. The molecule has 1 unspecified atom stereocenters. The number of carbonyl (C=O) groups excluding carboxylic acids is 1. The van der Waals surface area contributed by atoms with E-state index in [9.17, 15) is 4.79 Å². The maximum absolute atomic E-state index is 12.0.